The van der Waals surface area contributed by atoms with Crippen molar-refractivity contribution in [1.82, 2.24) is 0 Å². The highest BCUT2D eigenvalue weighted by molar-refractivity contribution is 6.31. The highest BCUT2D eigenvalue weighted by Crippen LogP contribution is 2.22. The summed E-state index contributed by atoms with van der Waals surface area (Å²) < 4.78 is 13.0. The molecule has 0 aromatic heterocycles. The summed E-state index contributed by atoms with van der Waals surface area (Å²) in [6.45, 7) is 3.76. The fraction of sp³-hybridized carbons (Fsp3) is 0.333. The fourth-order valence-corrected chi connectivity index (χ4v) is 3.65. The van der Waals surface area contributed by atoms with Gasteiger partial charge in [-0.15, -0.1) is 0 Å². The van der Waals surface area contributed by atoms with Crippen LogP contribution in [-0.2, 0) is 4.79 Å². The molecule has 1 heterocycles. The maximum absolute atomic E-state index is 13.0. The first-order chi connectivity index (χ1) is 12.9. The molecule has 1 aliphatic heterocycles. The topological polar surface area (TPSA) is 50.6 Å². The van der Waals surface area contributed by atoms with Gasteiger partial charge in [-0.05, 0) is 48.9 Å². The van der Waals surface area contributed by atoms with Gasteiger partial charge in [-0.3, -0.25) is 9.59 Å². The zero-order chi connectivity index (χ0) is 19.4. The van der Waals surface area contributed by atoms with Crippen molar-refractivity contribution in [2.75, 3.05) is 25.0 Å². The normalized spacial score (nSPS) is 19.5. The molecule has 1 amide bonds. The van der Waals surface area contributed by atoms with E-state index in [9.17, 15) is 14.0 Å². The van der Waals surface area contributed by atoms with Crippen LogP contribution in [0.15, 0.2) is 42.5 Å². The second-order valence-corrected chi connectivity index (χ2v) is 7.44. The lowest BCUT2D eigenvalue weighted by Crippen LogP contribution is -3.14. The number of quaternary nitrogens is 1. The van der Waals surface area contributed by atoms with E-state index < -0.39 is 0 Å². The van der Waals surface area contributed by atoms with E-state index in [0.717, 1.165) is 42.1 Å². The fourth-order valence-electron chi connectivity index (χ4n) is 3.48. The number of piperidine rings is 1. The minimum Gasteiger partial charge on any atom is -0.327 e. The monoisotopic (exact) mass is 389 g/mol. The average Bonchev–Trinajstić information content (AvgIpc) is 2.66. The van der Waals surface area contributed by atoms with Crippen LogP contribution in [0.5, 0.6) is 0 Å². The number of Topliss-reactive ketones (excluding diaryl/α,β-unsaturated/α-hetero) is 1. The molecule has 0 bridgehead atoms. The number of hydrogen-bond donors (Lipinski definition) is 2. The van der Waals surface area contributed by atoms with Crippen molar-refractivity contribution in [1.29, 1.82) is 0 Å². The molecular weight excluding hydrogens is 367 g/mol. The molecule has 142 valence electrons. The van der Waals surface area contributed by atoms with Gasteiger partial charge in [0, 0.05) is 35.0 Å². The Labute approximate surface area is 163 Å². The minimum absolute atomic E-state index is 0.0568. The van der Waals surface area contributed by atoms with Crippen molar-refractivity contribution in [2.45, 2.75) is 19.8 Å². The summed E-state index contributed by atoms with van der Waals surface area (Å²) in [4.78, 5) is 26.0. The molecule has 2 aromatic rings. The van der Waals surface area contributed by atoms with E-state index in [2.05, 4.69) is 5.32 Å². The van der Waals surface area contributed by atoms with Crippen LogP contribution in [0.3, 0.4) is 0 Å². The number of hydrogen-bond acceptors (Lipinski definition) is 2. The van der Waals surface area contributed by atoms with Gasteiger partial charge in [-0.1, -0.05) is 17.7 Å². The Morgan fingerprint density at radius 2 is 1.81 bits per heavy atom. The molecule has 2 aromatic carbocycles. The van der Waals surface area contributed by atoms with Crippen molar-refractivity contribution >= 4 is 29.0 Å². The Kier molecular flexibility index (Phi) is 6.24. The Hall–Kier alpha value is -2.24. The maximum Gasteiger partial charge on any atom is 0.279 e. The van der Waals surface area contributed by atoms with Crippen LogP contribution in [0.2, 0.25) is 5.02 Å². The quantitative estimate of drug-likeness (QED) is 0.772. The SMILES string of the molecule is Cc1c(Cl)cccc1NC(=O)C[NH+]1CCC(C(=O)c2ccc(F)cc2)CC1. The van der Waals surface area contributed by atoms with Crippen LogP contribution in [-0.4, -0.2) is 31.3 Å². The molecule has 1 saturated heterocycles. The molecule has 1 fully saturated rings. The molecule has 6 heteroatoms. The molecule has 3 rings (SSSR count). The number of nitrogens with one attached hydrogen (secondary N) is 2. The molecule has 0 radical (unpaired) electrons. The third kappa shape index (κ3) is 4.93. The summed E-state index contributed by atoms with van der Waals surface area (Å²) >= 11 is 6.08. The summed E-state index contributed by atoms with van der Waals surface area (Å²) in [5.74, 6) is -0.393. The van der Waals surface area contributed by atoms with Gasteiger partial charge in [0.25, 0.3) is 5.91 Å². The van der Waals surface area contributed by atoms with E-state index in [1.54, 1.807) is 6.07 Å². The lowest BCUT2D eigenvalue weighted by atomic mass is 9.89. The second kappa shape index (κ2) is 8.63. The number of likely N-dealkylation sites (tertiary alicyclic amines) is 1. The van der Waals surface area contributed by atoms with Gasteiger partial charge in [0.1, 0.15) is 5.82 Å². The number of amides is 1. The highest BCUT2D eigenvalue weighted by atomic mass is 35.5. The first-order valence-electron chi connectivity index (χ1n) is 9.12. The van der Waals surface area contributed by atoms with Crippen LogP contribution in [0.1, 0.15) is 28.8 Å². The number of carbonyl (C=O) groups excluding carboxylic acids is 2. The summed E-state index contributed by atoms with van der Waals surface area (Å²) in [5, 5.41) is 3.54. The number of rotatable bonds is 5. The third-order valence-corrected chi connectivity index (χ3v) is 5.55. The molecule has 0 aliphatic carbocycles. The number of anilines is 1. The number of halogens is 2. The summed E-state index contributed by atoms with van der Waals surface area (Å²) in [6.07, 6.45) is 1.46. The molecule has 0 atom stereocenters. The second-order valence-electron chi connectivity index (χ2n) is 7.03. The highest BCUT2D eigenvalue weighted by Gasteiger charge is 2.29. The van der Waals surface area contributed by atoms with Crippen molar-refractivity contribution in [3.63, 3.8) is 0 Å². The Morgan fingerprint density at radius 3 is 2.48 bits per heavy atom. The van der Waals surface area contributed by atoms with Crippen LogP contribution in [0.25, 0.3) is 0 Å². The van der Waals surface area contributed by atoms with Crippen molar-refractivity contribution in [3.8, 4) is 0 Å². The standard InChI is InChI=1S/C21H22ClFN2O2/c1-14-18(22)3-2-4-19(14)24-20(26)13-25-11-9-16(10-12-25)21(27)15-5-7-17(23)8-6-15/h2-8,16H,9-13H2,1H3,(H,24,26)/p+1. The zero-order valence-electron chi connectivity index (χ0n) is 15.2. The van der Waals surface area contributed by atoms with Crippen LogP contribution < -0.4 is 10.2 Å². The third-order valence-electron chi connectivity index (χ3n) is 5.14. The summed E-state index contributed by atoms with van der Waals surface area (Å²) in [6, 6.07) is 11.1. The van der Waals surface area contributed by atoms with Gasteiger partial charge < -0.3 is 10.2 Å². The van der Waals surface area contributed by atoms with Crippen molar-refractivity contribution in [2.24, 2.45) is 5.92 Å². The summed E-state index contributed by atoms with van der Waals surface area (Å²) in [7, 11) is 0. The molecule has 1 aliphatic rings. The minimum atomic E-state index is -0.341. The lowest BCUT2D eigenvalue weighted by molar-refractivity contribution is -0.897. The van der Waals surface area contributed by atoms with Gasteiger partial charge >= 0.3 is 0 Å². The lowest BCUT2D eigenvalue weighted by Gasteiger charge is -2.28. The molecule has 27 heavy (non-hydrogen) atoms. The first kappa shape index (κ1) is 19.5. The first-order valence-corrected chi connectivity index (χ1v) is 9.50. The number of ketones is 1. The molecule has 0 spiro atoms. The predicted octanol–water partition coefficient (Wildman–Crippen LogP) is 2.90. The molecule has 0 saturated carbocycles. The molecule has 4 nitrogen and oxygen atoms in total. The van der Waals surface area contributed by atoms with Crippen LogP contribution >= 0.6 is 11.6 Å². The van der Waals surface area contributed by atoms with E-state index in [-0.39, 0.29) is 23.4 Å². The molecule has 0 unspecified atom stereocenters. The zero-order valence-corrected chi connectivity index (χ0v) is 16.0. The van der Waals surface area contributed by atoms with E-state index in [0.29, 0.717) is 17.1 Å². The summed E-state index contributed by atoms with van der Waals surface area (Å²) in [5.41, 5.74) is 2.14. The molecule has 2 N–H and O–H groups in total. The van der Waals surface area contributed by atoms with Gasteiger partial charge in [0.15, 0.2) is 12.3 Å². The predicted molar refractivity (Wildman–Crippen MR) is 104 cm³/mol. The van der Waals surface area contributed by atoms with Gasteiger partial charge in [0.2, 0.25) is 0 Å². The Morgan fingerprint density at radius 1 is 1.15 bits per heavy atom. The van der Waals surface area contributed by atoms with E-state index in [1.807, 2.05) is 19.1 Å². The molecular formula is C21H23ClFN2O2+. The van der Waals surface area contributed by atoms with E-state index in [1.165, 1.54) is 24.3 Å². The van der Waals surface area contributed by atoms with Crippen LogP contribution in [0, 0.1) is 18.7 Å². The van der Waals surface area contributed by atoms with Crippen LogP contribution in [0.4, 0.5) is 10.1 Å². The largest absolute Gasteiger partial charge is 0.327 e. The Balaban J connectivity index is 1.50. The maximum atomic E-state index is 13.0. The van der Waals surface area contributed by atoms with Crippen molar-refractivity contribution in [3.05, 3.63) is 64.4 Å². The van der Waals surface area contributed by atoms with Gasteiger partial charge in [-0.25, -0.2) is 4.39 Å². The van der Waals surface area contributed by atoms with Gasteiger partial charge in [-0.2, -0.15) is 0 Å². The number of carbonyl (C=O) groups is 2. The smallest absolute Gasteiger partial charge is 0.279 e. The van der Waals surface area contributed by atoms with E-state index in [4.69, 9.17) is 11.6 Å². The van der Waals surface area contributed by atoms with Crippen molar-refractivity contribution < 1.29 is 18.9 Å². The van der Waals surface area contributed by atoms with Gasteiger partial charge in [0.05, 0.1) is 13.1 Å². The van der Waals surface area contributed by atoms with E-state index >= 15 is 0 Å². The Bertz CT molecular complexity index is 831. The number of benzene rings is 2. The average molecular weight is 390 g/mol.